The summed E-state index contributed by atoms with van der Waals surface area (Å²) in [5.74, 6) is -0.458. The lowest BCUT2D eigenvalue weighted by molar-refractivity contribution is 0.607. The summed E-state index contributed by atoms with van der Waals surface area (Å²) in [5, 5.41) is 0. The fourth-order valence-electron chi connectivity index (χ4n) is 3.06. The Morgan fingerprint density at radius 2 is 1.73 bits per heavy atom. The molecule has 1 aliphatic carbocycles. The summed E-state index contributed by atoms with van der Waals surface area (Å²) < 4.78 is 27.8. The van der Waals surface area contributed by atoms with Crippen molar-refractivity contribution in [2.45, 2.75) is 39.0 Å². The second-order valence-electron chi connectivity index (χ2n) is 5.91. The van der Waals surface area contributed by atoms with E-state index < -0.39 is 0 Å². The van der Waals surface area contributed by atoms with Gasteiger partial charge in [0.25, 0.3) is 0 Å². The fraction of sp³-hybridized carbons (Fsp3) is 0.300. The van der Waals surface area contributed by atoms with E-state index in [1.807, 2.05) is 6.07 Å². The molecule has 0 radical (unpaired) electrons. The van der Waals surface area contributed by atoms with Crippen molar-refractivity contribution >= 4 is 6.08 Å². The van der Waals surface area contributed by atoms with E-state index in [9.17, 15) is 8.78 Å². The topological polar surface area (TPSA) is 0 Å². The molecule has 0 aliphatic heterocycles. The second kappa shape index (κ2) is 6.43. The molecule has 0 aromatic heterocycles. The molecule has 0 amide bonds. The molecule has 114 valence electrons. The van der Waals surface area contributed by atoms with Gasteiger partial charge in [-0.2, -0.15) is 0 Å². The molecule has 0 saturated carbocycles. The van der Waals surface area contributed by atoms with E-state index in [-0.39, 0.29) is 11.6 Å². The molecule has 0 fully saturated rings. The Bertz CT molecular complexity index is 696. The van der Waals surface area contributed by atoms with Gasteiger partial charge in [-0.1, -0.05) is 49.3 Å². The van der Waals surface area contributed by atoms with E-state index in [2.05, 4.69) is 13.0 Å². The van der Waals surface area contributed by atoms with Gasteiger partial charge in [-0.15, -0.1) is 0 Å². The first-order chi connectivity index (χ1) is 10.7. The molecule has 0 spiro atoms. The lowest BCUT2D eigenvalue weighted by atomic mass is 9.87. The lowest BCUT2D eigenvalue weighted by Gasteiger charge is -2.19. The average molecular weight is 298 g/mol. The number of allylic oxidation sites excluding steroid dienone is 1. The van der Waals surface area contributed by atoms with Gasteiger partial charge >= 0.3 is 0 Å². The van der Waals surface area contributed by atoms with E-state index in [1.165, 1.54) is 30.5 Å². The van der Waals surface area contributed by atoms with Crippen LogP contribution in [0.25, 0.3) is 17.2 Å². The molecular formula is C20H20F2. The molecule has 22 heavy (non-hydrogen) atoms. The Labute approximate surface area is 130 Å². The highest BCUT2D eigenvalue weighted by Gasteiger charge is 2.17. The summed E-state index contributed by atoms with van der Waals surface area (Å²) in [5.41, 5.74) is 4.50. The Morgan fingerprint density at radius 1 is 0.955 bits per heavy atom. The predicted octanol–water partition coefficient (Wildman–Crippen LogP) is 6.15. The minimum Gasteiger partial charge on any atom is -0.207 e. The number of benzene rings is 2. The molecule has 2 heteroatoms. The third kappa shape index (κ3) is 2.96. The highest BCUT2D eigenvalue weighted by molar-refractivity contribution is 5.70. The quantitative estimate of drug-likeness (QED) is 0.635. The van der Waals surface area contributed by atoms with E-state index in [0.717, 1.165) is 36.0 Å². The van der Waals surface area contributed by atoms with Gasteiger partial charge in [0.15, 0.2) is 0 Å². The van der Waals surface area contributed by atoms with Crippen LogP contribution in [-0.4, -0.2) is 0 Å². The average Bonchev–Trinajstić information content (AvgIpc) is 2.54. The van der Waals surface area contributed by atoms with Gasteiger partial charge in [0.05, 0.1) is 0 Å². The number of halogens is 2. The van der Waals surface area contributed by atoms with Gasteiger partial charge < -0.3 is 0 Å². The zero-order chi connectivity index (χ0) is 15.5. The monoisotopic (exact) mass is 298 g/mol. The maximum absolute atomic E-state index is 14.8. The van der Waals surface area contributed by atoms with E-state index >= 15 is 0 Å². The SMILES string of the molecule is CCCCC1=Cc2ccc(-c3ccc(F)cc3)c(F)c2CC1. The van der Waals surface area contributed by atoms with Crippen LogP contribution in [0.3, 0.4) is 0 Å². The highest BCUT2D eigenvalue weighted by atomic mass is 19.1. The third-order valence-electron chi connectivity index (χ3n) is 4.34. The summed E-state index contributed by atoms with van der Waals surface area (Å²) >= 11 is 0. The van der Waals surface area contributed by atoms with Crippen LogP contribution in [0.2, 0.25) is 0 Å². The van der Waals surface area contributed by atoms with Gasteiger partial charge in [-0.3, -0.25) is 0 Å². The van der Waals surface area contributed by atoms with E-state index in [0.29, 0.717) is 5.56 Å². The molecule has 0 atom stereocenters. The van der Waals surface area contributed by atoms with Crippen LogP contribution in [0.15, 0.2) is 42.0 Å². The largest absolute Gasteiger partial charge is 0.207 e. The minimum absolute atomic E-state index is 0.158. The predicted molar refractivity (Wildman–Crippen MR) is 87.6 cm³/mol. The Morgan fingerprint density at radius 3 is 2.45 bits per heavy atom. The van der Waals surface area contributed by atoms with E-state index in [1.54, 1.807) is 18.2 Å². The first-order valence-corrected chi connectivity index (χ1v) is 7.96. The number of fused-ring (bicyclic) bond motifs is 1. The zero-order valence-corrected chi connectivity index (χ0v) is 12.8. The summed E-state index contributed by atoms with van der Waals surface area (Å²) in [7, 11) is 0. The molecule has 2 aromatic rings. The van der Waals surface area contributed by atoms with Crippen molar-refractivity contribution in [2.75, 3.05) is 0 Å². The molecule has 0 unspecified atom stereocenters. The molecule has 0 N–H and O–H groups in total. The van der Waals surface area contributed by atoms with Crippen LogP contribution in [0.5, 0.6) is 0 Å². The smallest absolute Gasteiger partial charge is 0.134 e. The Kier molecular flexibility index (Phi) is 4.37. The summed E-state index contributed by atoms with van der Waals surface area (Å²) in [6.07, 6.45) is 7.32. The van der Waals surface area contributed by atoms with E-state index in [4.69, 9.17) is 0 Å². The van der Waals surface area contributed by atoms with Gasteiger partial charge in [-0.05, 0) is 54.5 Å². The van der Waals surface area contributed by atoms with Crippen LogP contribution >= 0.6 is 0 Å². The van der Waals surface area contributed by atoms with Crippen molar-refractivity contribution in [1.29, 1.82) is 0 Å². The minimum atomic E-state index is -0.300. The first kappa shape index (κ1) is 15.0. The van der Waals surface area contributed by atoms with Gasteiger partial charge in [0.2, 0.25) is 0 Å². The second-order valence-corrected chi connectivity index (χ2v) is 5.91. The number of rotatable bonds is 4. The van der Waals surface area contributed by atoms with Gasteiger partial charge in [-0.25, -0.2) is 8.78 Å². The molecule has 0 bridgehead atoms. The van der Waals surface area contributed by atoms with Crippen molar-refractivity contribution in [2.24, 2.45) is 0 Å². The standard InChI is InChI=1S/C20H20F2/c1-2-3-4-14-5-11-19-16(13-14)8-12-18(20(19)22)15-6-9-17(21)10-7-15/h6-10,12-13H,2-5,11H2,1H3. The maximum Gasteiger partial charge on any atom is 0.134 e. The van der Waals surface area contributed by atoms with Crippen LogP contribution in [-0.2, 0) is 6.42 Å². The highest BCUT2D eigenvalue weighted by Crippen LogP contribution is 2.33. The third-order valence-corrected chi connectivity index (χ3v) is 4.34. The number of hydrogen-bond donors (Lipinski definition) is 0. The summed E-state index contributed by atoms with van der Waals surface area (Å²) in [6, 6.07) is 9.80. The van der Waals surface area contributed by atoms with Crippen molar-refractivity contribution in [3.63, 3.8) is 0 Å². The number of hydrogen-bond acceptors (Lipinski definition) is 0. The molecule has 2 aromatic carbocycles. The molecule has 0 nitrogen and oxygen atoms in total. The Hall–Kier alpha value is -1.96. The molecule has 0 heterocycles. The molecular weight excluding hydrogens is 278 g/mol. The molecule has 1 aliphatic rings. The van der Waals surface area contributed by atoms with Crippen LogP contribution in [0.1, 0.15) is 43.7 Å². The van der Waals surface area contributed by atoms with Crippen molar-refractivity contribution in [1.82, 2.24) is 0 Å². The Balaban J connectivity index is 1.95. The molecule has 0 saturated heterocycles. The zero-order valence-electron chi connectivity index (χ0n) is 12.8. The molecule has 3 rings (SSSR count). The first-order valence-electron chi connectivity index (χ1n) is 7.96. The van der Waals surface area contributed by atoms with Crippen LogP contribution < -0.4 is 0 Å². The van der Waals surface area contributed by atoms with Crippen molar-refractivity contribution < 1.29 is 8.78 Å². The van der Waals surface area contributed by atoms with Crippen LogP contribution in [0, 0.1) is 11.6 Å². The van der Waals surface area contributed by atoms with Crippen molar-refractivity contribution in [3.05, 3.63) is 64.7 Å². The fourth-order valence-corrected chi connectivity index (χ4v) is 3.06. The van der Waals surface area contributed by atoms with Gasteiger partial charge in [0.1, 0.15) is 11.6 Å². The number of unbranched alkanes of at least 4 members (excludes halogenated alkanes) is 1. The summed E-state index contributed by atoms with van der Waals surface area (Å²) in [4.78, 5) is 0. The van der Waals surface area contributed by atoms with Crippen molar-refractivity contribution in [3.8, 4) is 11.1 Å². The maximum atomic E-state index is 14.8. The summed E-state index contributed by atoms with van der Waals surface area (Å²) in [6.45, 7) is 2.19. The van der Waals surface area contributed by atoms with Crippen LogP contribution in [0.4, 0.5) is 8.78 Å². The normalized spacial score (nSPS) is 13.7. The lowest BCUT2D eigenvalue weighted by Crippen LogP contribution is -2.04. The van der Waals surface area contributed by atoms with Gasteiger partial charge in [0, 0.05) is 5.56 Å².